The summed E-state index contributed by atoms with van der Waals surface area (Å²) in [6.07, 6.45) is 0. The molecule has 0 aromatic rings. The van der Waals surface area contributed by atoms with Gasteiger partial charge >= 0.3 is 51.4 Å². The first-order valence-corrected chi connectivity index (χ1v) is 1.30. The van der Waals surface area contributed by atoms with E-state index in [0.717, 1.165) is 0 Å². The fourth-order valence-electron chi connectivity index (χ4n) is 0. The van der Waals surface area contributed by atoms with Crippen LogP contribution in [0.5, 0.6) is 0 Å². The summed E-state index contributed by atoms with van der Waals surface area (Å²) in [5.74, 6) is 0. The van der Waals surface area contributed by atoms with Gasteiger partial charge in [0.2, 0.25) is 0 Å². The Labute approximate surface area is 78.8 Å². The van der Waals surface area contributed by atoms with Crippen molar-refractivity contribution in [3.05, 3.63) is 0 Å². The van der Waals surface area contributed by atoms with Gasteiger partial charge in [-0.1, -0.05) is 0 Å². The Kier molecular flexibility index (Phi) is 79.5. The molecule has 0 fully saturated rings. The third-order valence-electron chi connectivity index (χ3n) is 0. The summed E-state index contributed by atoms with van der Waals surface area (Å²) in [6, 6.07) is 0. The van der Waals surface area contributed by atoms with E-state index in [0.29, 0.717) is 0 Å². The number of hydrogen-bond acceptors (Lipinski definition) is 4. The van der Waals surface area contributed by atoms with Gasteiger partial charge in [0.15, 0.2) is 0 Å². The van der Waals surface area contributed by atoms with Crippen molar-refractivity contribution in [1.29, 1.82) is 0 Å². The zero-order valence-electron chi connectivity index (χ0n) is 3.16. The largest absolute Gasteiger partial charge is 1.00 e. The second kappa shape index (κ2) is 30.5. The van der Waals surface area contributed by atoms with Gasteiger partial charge in [0.25, 0.3) is 0 Å². The monoisotopic (exact) mass is 136 g/mol. The molecule has 0 saturated heterocycles. The molecule has 0 aromatic carbocycles. The van der Waals surface area contributed by atoms with E-state index in [2.05, 4.69) is 0 Å². The number of hydrogen-bond donors (Lipinski definition) is 2. The second-order valence-electron chi connectivity index (χ2n) is 0.0745. The first-order valence-electron chi connectivity index (χ1n) is 0.565. The first kappa shape index (κ1) is 15.6. The fourth-order valence-corrected chi connectivity index (χ4v) is 0. The molecule has 0 rings (SSSR count). The van der Waals surface area contributed by atoms with Crippen LogP contribution in [-0.4, -0.2) is 10.5 Å². The van der Waals surface area contributed by atoms with Crippen LogP contribution in [0.2, 0.25) is 0 Å². The van der Waals surface area contributed by atoms with E-state index in [1.807, 2.05) is 0 Å². The average molecular weight is 136 g/mol. The standard InChI is InChI=1S/K.HO2P.H2O2/c;1-3-2;1-2/h;(H,1,2);1-2H/q+1;;/p-1. The van der Waals surface area contributed by atoms with Crippen LogP contribution >= 0.6 is 8.69 Å². The summed E-state index contributed by atoms with van der Waals surface area (Å²) < 4.78 is 8.35. The third-order valence-corrected chi connectivity index (χ3v) is 0. The molecule has 6 heteroatoms. The Bertz CT molecular complexity index is 15.0. The Morgan fingerprint density at radius 3 is 1.50 bits per heavy atom. The predicted molar refractivity (Wildman–Crippen MR) is 12.9 cm³/mol. The minimum Gasteiger partial charge on any atom is -0.772 e. The van der Waals surface area contributed by atoms with Crippen molar-refractivity contribution >= 4 is 8.69 Å². The SMILES string of the molecule is O=P[O-].OO.[K+]. The third kappa shape index (κ3) is 45.8. The molecule has 4 nitrogen and oxygen atoms in total. The van der Waals surface area contributed by atoms with E-state index in [1.165, 1.54) is 0 Å². The molecule has 0 spiro atoms. The summed E-state index contributed by atoms with van der Waals surface area (Å²) in [5.41, 5.74) is 0. The zero-order valence-corrected chi connectivity index (χ0v) is 7.18. The molecular formula is H2KO4P. The van der Waals surface area contributed by atoms with Gasteiger partial charge in [0.05, 0.1) is 8.69 Å². The molecule has 0 amide bonds. The molecule has 0 aliphatic heterocycles. The summed E-state index contributed by atoms with van der Waals surface area (Å²) in [7, 11) is -1.08. The first-order chi connectivity index (χ1) is 2.41. The van der Waals surface area contributed by atoms with E-state index in [4.69, 9.17) is 20.0 Å². The summed E-state index contributed by atoms with van der Waals surface area (Å²) in [6.45, 7) is 0. The molecule has 32 valence electrons. The molecule has 6 heavy (non-hydrogen) atoms. The summed E-state index contributed by atoms with van der Waals surface area (Å²) >= 11 is 0. The van der Waals surface area contributed by atoms with Crippen molar-refractivity contribution in [2.75, 3.05) is 0 Å². The molecule has 0 aliphatic rings. The van der Waals surface area contributed by atoms with Crippen molar-refractivity contribution in [1.82, 2.24) is 0 Å². The van der Waals surface area contributed by atoms with Gasteiger partial charge in [0, 0.05) is 0 Å². The Morgan fingerprint density at radius 2 is 1.50 bits per heavy atom. The van der Waals surface area contributed by atoms with Crippen LogP contribution in [0.15, 0.2) is 0 Å². The Hall–Kier alpha value is 1.62. The van der Waals surface area contributed by atoms with Gasteiger partial charge in [-0.3, -0.25) is 15.1 Å². The molecule has 0 radical (unpaired) electrons. The zero-order chi connectivity index (χ0) is 4.71. The van der Waals surface area contributed by atoms with Crippen LogP contribution in [0.1, 0.15) is 0 Å². The molecule has 0 unspecified atom stereocenters. The minimum atomic E-state index is -1.08. The normalized spacial score (nSPS) is 4.50. The van der Waals surface area contributed by atoms with Crippen LogP contribution in [0.3, 0.4) is 0 Å². The van der Waals surface area contributed by atoms with Crippen LogP contribution in [-0.2, 0) is 4.57 Å². The summed E-state index contributed by atoms with van der Waals surface area (Å²) in [4.78, 5) is 8.35. The second-order valence-corrected chi connectivity index (χ2v) is 0.224. The van der Waals surface area contributed by atoms with E-state index in [1.54, 1.807) is 0 Å². The number of rotatable bonds is 0. The van der Waals surface area contributed by atoms with Gasteiger partial charge in [-0.05, 0) is 0 Å². The van der Waals surface area contributed by atoms with E-state index >= 15 is 0 Å². The molecular weight excluding hydrogens is 134 g/mol. The summed E-state index contributed by atoms with van der Waals surface area (Å²) in [5, 5.41) is 12.0. The molecule has 2 N–H and O–H groups in total. The van der Waals surface area contributed by atoms with E-state index in [9.17, 15) is 0 Å². The van der Waals surface area contributed by atoms with Crippen molar-refractivity contribution in [3.63, 3.8) is 0 Å². The molecule has 0 atom stereocenters. The fraction of sp³-hybridized carbons (Fsp3) is 0. The predicted octanol–water partition coefficient (Wildman–Crippen LogP) is -3.43. The maximum Gasteiger partial charge on any atom is 1.00 e. The van der Waals surface area contributed by atoms with Gasteiger partial charge in [0.1, 0.15) is 0 Å². The van der Waals surface area contributed by atoms with Crippen LogP contribution < -0.4 is 56.3 Å². The van der Waals surface area contributed by atoms with Crippen LogP contribution in [0.25, 0.3) is 0 Å². The van der Waals surface area contributed by atoms with Gasteiger partial charge in [-0.25, -0.2) is 0 Å². The van der Waals surface area contributed by atoms with Gasteiger partial charge in [-0.2, -0.15) is 0 Å². The maximum atomic E-state index is 8.35. The van der Waals surface area contributed by atoms with E-state index < -0.39 is 8.69 Å². The van der Waals surface area contributed by atoms with Crippen LogP contribution in [0, 0.1) is 0 Å². The maximum absolute atomic E-state index is 8.35. The topological polar surface area (TPSA) is 80.6 Å². The molecule has 0 saturated carbocycles. The average Bonchev–Trinajstić information content (AvgIpc) is 1.46. The van der Waals surface area contributed by atoms with Crippen molar-refractivity contribution in [2.24, 2.45) is 0 Å². The Morgan fingerprint density at radius 1 is 1.50 bits per heavy atom. The van der Waals surface area contributed by atoms with Crippen molar-refractivity contribution < 1.29 is 71.4 Å². The van der Waals surface area contributed by atoms with Crippen molar-refractivity contribution in [2.45, 2.75) is 0 Å². The Balaban J connectivity index is -0.0000000275. The molecule has 0 aromatic heterocycles. The molecule has 0 bridgehead atoms. The van der Waals surface area contributed by atoms with E-state index in [-0.39, 0.29) is 51.4 Å². The molecule has 0 aliphatic carbocycles. The molecule has 0 heterocycles. The van der Waals surface area contributed by atoms with Crippen LogP contribution in [0.4, 0.5) is 0 Å². The van der Waals surface area contributed by atoms with Gasteiger partial charge < -0.3 is 4.89 Å². The van der Waals surface area contributed by atoms with Gasteiger partial charge in [-0.15, -0.1) is 0 Å². The minimum absolute atomic E-state index is 0. The van der Waals surface area contributed by atoms with Crippen molar-refractivity contribution in [3.8, 4) is 0 Å². The quantitative estimate of drug-likeness (QED) is 0.157. The smallest absolute Gasteiger partial charge is 0.772 e.